The Morgan fingerprint density at radius 3 is 2.67 bits per heavy atom. The van der Waals surface area contributed by atoms with Crippen molar-refractivity contribution in [2.24, 2.45) is 0 Å². The second-order valence-corrected chi connectivity index (χ2v) is 6.95. The van der Waals surface area contributed by atoms with Gasteiger partial charge in [-0.2, -0.15) is 0 Å². The van der Waals surface area contributed by atoms with Gasteiger partial charge in [-0.25, -0.2) is 0 Å². The maximum absolute atomic E-state index is 13.0. The Hall–Kier alpha value is -3.08. The molecule has 27 heavy (non-hydrogen) atoms. The molecule has 0 spiro atoms. The van der Waals surface area contributed by atoms with E-state index in [4.69, 9.17) is 4.42 Å². The van der Waals surface area contributed by atoms with E-state index in [1.165, 1.54) is 12.5 Å². The zero-order valence-corrected chi connectivity index (χ0v) is 15.5. The van der Waals surface area contributed by atoms with E-state index in [2.05, 4.69) is 22.3 Å². The van der Waals surface area contributed by atoms with Gasteiger partial charge in [0, 0.05) is 24.5 Å². The number of nitrogens with one attached hydrogen (secondary N) is 1. The monoisotopic (exact) mass is 362 g/mol. The topological polar surface area (TPSA) is 62.6 Å². The summed E-state index contributed by atoms with van der Waals surface area (Å²) in [6.07, 6.45) is 2.05. The molecule has 0 bridgehead atoms. The van der Waals surface area contributed by atoms with E-state index in [0.29, 0.717) is 11.3 Å². The van der Waals surface area contributed by atoms with Crippen molar-refractivity contribution in [3.63, 3.8) is 0 Å². The van der Waals surface area contributed by atoms with Crippen molar-refractivity contribution in [3.8, 4) is 0 Å². The fraction of sp³-hybridized carbons (Fsp3) is 0.273. The molecule has 3 aromatic rings. The van der Waals surface area contributed by atoms with E-state index >= 15 is 0 Å². The number of rotatable bonds is 4. The molecule has 5 heteroatoms. The highest BCUT2D eigenvalue weighted by Gasteiger charge is 2.28. The largest absolute Gasteiger partial charge is 0.451 e. The van der Waals surface area contributed by atoms with Gasteiger partial charge in [0.1, 0.15) is 11.6 Å². The molecule has 1 aliphatic rings. The van der Waals surface area contributed by atoms with Crippen LogP contribution in [0.2, 0.25) is 0 Å². The van der Waals surface area contributed by atoms with Crippen LogP contribution in [0.3, 0.4) is 0 Å². The van der Waals surface area contributed by atoms with E-state index in [9.17, 15) is 9.59 Å². The molecule has 0 radical (unpaired) electrons. The number of hydrogen-bond donors (Lipinski definition) is 1. The summed E-state index contributed by atoms with van der Waals surface area (Å²) in [6, 6.07) is 15.2. The smallest absolute Gasteiger partial charge is 0.246 e. The Labute approximate surface area is 158 Å². The number of ketones is 1. The van der Waals surface area contributed by atoms with Crippen LogP contribution in [0.15, 0.2) is 52.9 Å². The van der Waals surface area contributed by atoms with E-state index in [1.807, 2.05) is 37.3 Å². The standard InChI is InChI=1S/C22H22N2O3/c1-14(24-13-7-9-16-8-3-5-11-18(16)24)22(26)23-20-17-10-4-6-12-19(17)27-21(20)15(2)25/h3-6,8,10-12,14H,7,9,13H2,1-2H3,(H,23,26)/t14-/m0/s1. The molecule has 2 heterocycles. The van der Waals surface area contributed by atoms with E-state index < -0.39 is 0 Å². The molecule has 2 aromatic carbocycles. The minimum atomic E-state index is -0.361. The molecule has 4 rings (SSSR count). The molecule has 1 atom stereocenters. The van der Waals surface area contributed by atoms with Crippen LogP contribution in [0, 0.1) is 0 Å². The summed E-state index contributed by atoms with van der Waals surface area (Å²) in [5, 5.41) is 3.69. The summed E-state index contributed by atoms with van der Waals surface area (Å²) in [5.41, 5.74) is 3.42. The molecule has 0 aliphatic carbocycles. The molecule has 5 nitrogen and oxygen atoms in total. The number of carbonyl (C=O) groups is 2. The van der Waals surface area contributed by atoms with Crippen LogP contribution in [-0.4, -0.2) is 24.3 Å². The van der Waals surface area contributed by atoms with Gasteiger partial charge in [-0.3, -0.25) is 9.59 Å². The number of furan rings is 1. The number of benzene rings is 2. The third kappa shape index (κ3) is 3.10. The number of anilines is 2. The highest BCUT2D eigenvalue weighted by atomic mass is 16.3. The minimum Gasteiger partial charge on any atom is -0.451 e. The van der Waals surface area contributed by atoms with Gasteiger partial charge in [-0.05, 0) is 43.5 Å². The number of para-hydroxylation sites is 2. The fourth-order valence-corrected chi connectivity index (χ4v) is 3.75. The maximum atomic E-state index is 13.0. The van der Waals surface area contributed by atoms with Gasteiger partial charge in [0.2, 0.25) is 5.91 Å². The molecule has 0 unspecified atom stereocenters. The molecular weight excluding hydrogens is 340 g/mol. The van der Waals surface area contributed by atoms with Crippen molar-refractivity contribution in [2.45, 2.75) is 32.7 Å². The predicted octanol–water partition coefficient (Wildman–Crippen LogP) is 4.42. The van der Waals surface area contributed by atoms with Crippen LogP contribution < -0.4 is 10.2 Å². The SMILES string of the molecule is CC(=O)c1oc2ccccc2c1NC(=O)[C@H](C)N1CCCc2ccccc21. The Bertz CT molecular complexity index is 1020. The van der Waals surface area contributed by atoms with Crippen molar-refractivity contribution in [3.05, 3.63) is 59.9 Å². The summed E-state index contributed by atoms with van der Waals surface area (Å²) in [5.74, 6) is -0.172. The van der Waals surface area contributed by atoms with Gasteiger partial charge in [0.25, 0.3) is 0 Å². The lowest BCUT2D eigenvalue weighted by Gasteiger charge is -2.35. The molecule has 0 saturated carbocycles. The first-order valence-corrected chi connectivity index (χ1v) is 9.24. The van der Waals surface area contributed by atoms with Gasteiger partial charge in [0.05, 0.1) is 5.69 Å². The zero-order chi connectivity index (χ0) is 19.0. The third-order valence-electron chi connectivity index (χ3n) is 5.16. The fourth-order valence-electron chi connectivity index (χ4n) is 3.75. The molecule has 1 amide bonds. The van der Waals surface area contributed by atoms with Crippen LogP contribution in [-0.2, 0) is 11.2 Å². The number of amides is 1. The first-order valence-electron chi connectivity index (χ1n) is 9.24. The van der Waals surface area contributed by atoms with Crippen LogP contribution in [0.1, 0.15) is 36.4 Å². The molecule has 0 fully saturated rings. The third-order valence-corrected chi connectivity index (χ3v) is 5.16. The molecule has 1 N–H and O–H groups in total. The zero-order valence-electron chi connectivity index (χ0n) is 15.5. The highest BCUT2D eigenvalue weighted by molar-refractivity contribution is 6.12. The number of carbonyl (C=O) groups excluding carboxylic acids is 2. The van der Waals surface area contributed by atoms with Gasteiger partial charge in [-0.15, -0.1) is 0 Å². The number of Topliss-reactive ketones (excluding diaryl/α,β-unsaturated/α-hetero) is 1. The van der Waals surface area contributed by atoms with Crippen LogP contribution >= 0.6 is 0 Å². The molecule has 0 saturated heterocycles. The average Bonchev–Trinajstić information content (AvgIpc) is 3.06. The van der Waals surface area contributed by atoms with E-state index in [1.54, 1.807) is 6.07 Å². The maximum Gasteiger partial charge on any atom is 0.246 e. The molecule has 1 aromatic heterocycles. The lowest BCUT2D eigenvalue weighted by molar-refractivity contribution is -0.117. The Kier molecular flexibility index (Phi) is 4.44. The minimum absolute atomic E-state index is 0.152. The van der Waals surface area contributed by atoms with E-state index in [-0.39, 0.29) is 23.5 Å². The van der Waals surface area contributed by atoms with Crippen molar-refractivity contribution >= 4 is 34.0 Å². The lowest BCUT2D eigenvalue weighted by atomic mass is 10.00. The number of nitrogens with zero attached hydrogens (tertiary/aromatic N) is 1. The first kappa shape index (κ1) is 17.3. The molecule has 138 valence electrons. The van der Waals surface area contributed by atoms with E-state index in [0.717, 1.165) is 30.5 Å². The summed E-state index contributed by atoms with van der Waals surface area (Å²) in [6.45, 7) is 4.17. The summed E-state index contributed by atoms with van der Waals surface area (Å²) in [7, 11) is 0. The van der Waals surface area contributed by atoms with Gasteiger partial charge in [-0.1, -0.05) is 30.3 Å². The van der Waals surface area contributed by atoms with Crippen molar-refractivity contribution < 1.29 is 14.0 Å². The highest BCUT2D eigenvalue weighted by Crippen LogP contribution is 2.32. The second-order valence-electron chi connectivity index (χ2n) is 6.95. The van der Waals surface area contributed by atoms with Crippen LogP contribution in [0.25, 0.3) is 11.0 Å². The molecule has 1 aliphatic heterocycles. The number of fused-ring (bicyclic) bond motifs is 2. The normalized spacial score (nSPS) is 14.7. The van der Waals surface area contributed by atoms with Gasteiger partial charge >= 0.3 is 0 Å². The summed E-state index contributed by atoms with van der Waals surface area (Å²) >= 11 is 0. The summed E-state index contributed by atoms with van der Waals surface area (Å²) < 4.78 is 5.67. The second kappa shape index (κ2) is 6.91. The van der Waals surface area contributed by atoms with Crippen molar-refractivity contribution in [1.82, 2.24) is 0 Å². The average molecular weight is 362 g/mol. The van der Waals surface area contributed by atoms with Gasteiger partial charge in [0.15, 0.2) is 11.5 Å². The summed E-state index contributed by atoms with van der Waals surface area (Å²) in [4.78, 5) is 27.2. The van der Waals surface area contributed by atoms with Crippen LogP contribution in [0.4, 0.5) is 11.4 Å². The molecular formula is C22H22N2O3. The quantitative estimate of drug-likeness (QED) is 0.698. The van der Waals surface area contributed by atoms with Crippen molar-refractivity contribution in [2.75, 3.05) is 16.8 Å². The first-order chi connectivity index (χ1) is 13.1. The van der Waals surface area contributed by atoms with Crippen molar-refractivity contribution in [1.29, 1.82) is 0 Å². The lowest BCUT2D eigenvalue weighted by Crippen LogP contribution is -2.44. The van der Waals surface area contributed by atoms with Gasteiger partial charge < -0.3 is 14.6 Å². The Morgan fingerprint density at radius 2 is 1.85 bits per heavy atom. The predicted molar refractivity (Wildman–Crippen MR) is 106 cm³/mol. The number of aryl methyl sites for hydroxylation is 1. The Morgan fingerprint density at radius 1 is 1.11 bits per heavy atom. The number of hydrogen-bond acceptors (Lipinski definition) is 4. The Balaban J connectivity index is 1.65. The van der Waals surface area contributed by atoms with Crippen LogP contribution in [0.5, 0.6) is 0 Å².